The second kappa shape index (κ2) is 16.7. The van der Waals surface area contributed by atoms with Crippen molar-refractivity contribution in [3.63, 3.8) is 0 Å². The van der Waals surface area contributed by atoms with E-state index in [1.54, 1.807) is 74.5 Å². The van der Waals surface area contributed by atoms with Crippen molar-refractivity contribution in [2.24, 2.45) is 0 Å². The zero-order valence-electron chi connectivity index (χ0n) is 26.8. The van der Waals surface area contributed by atoms with Gasteiger partial charge in [0.05, 0.1) is 12.2 Å². The van der Waals surface area contributed by atoms with Gasteiger partial charge in [-0.15, -0.1) is 0 Å². The van der Waals surface area contributed by atoms with Crippen LogP contribution in [0.3, 0.4) is 0 Å². The number of benzene rings is 3. The number of unbranched alkanes of at least 4 members (excludes halogenated alkanes) is 4. The Labute approximate surface area is 273 Å². The first-order valence-corrected chi connectivity index (χ1v) is 15.5. The topological polar surface area (TPSA) is 148 Å². The van der Waals surface area contributed by atoms with E-state index in [4.69, 9.17) is 13.9 Å². The highest BCUT2D eigenvalue weighted by Crippen LogP contribution is 2.20. The maximum atomic E-state index is 13.3. The molecule has 1 heterocycles. The van der Waals surface area contributed by atoms with Gasteiger partial charge < -0.3 is 29.2 Å². The molecule has 47 heavy (non-hydrogen) atoms. The molecule has 0 saturated carbocycles. The van der Waals surface area contributed by atoms with Crippen molar-refractivity contribution >= 4 is 29.4 Å². The van der Waals surface area contributed by atoms with Crippen LogP contribution in [0.2, 0.25) is 0 Å². The summed E-state index contributed by atoms with van der Waals surface area (Å²) in [5.41, 5.74) is 1.85. The summed E-state index contributed by atoms with van der Waals surface area (Å²) in [7, 11) is 0. The van der Waals surface area contributed by atoms with Crippen LogP contribution in [-0.2, 0) is 11.3 Å². The number of hydrogen-bond acceptors (Lipinski definition) is 8. The SMILES string of the molecule is CCCCCCCOc1ccc(C(=O)Oc2ccc(CN(CC(=O)O)C(=O)c3ccc(NC(=O)c4nc(C)oc4C)cc3)cc2)cc1. The molecule has 4 aromatic rings. The molecule has 0 saturated heterocycles. The highest BCUT2D eigenvalue weighted by atomic mass is 16.5. The summed E-state index contributed by atoms with van der Waals surface area (Å²) in [6.45, 7) is 5.57. The number of aliphatic carboxylic acids is 1. The number of nitrogens with one attached hydrogen (secondary N) is 1. The third-order valence-electron chi connectivity index (χ3n) is 7.24. The number of esters is 1. The second-order valence-electron chi connectivity index (χ2n) is 11.0. The van der Waals surface area contributed by atoms with Gasteiger partial charge in [-0.1, -0.05) is 44.7 Å². The summed E-state index contributed by atoms with van der Waals surface area (Å²) in [5, 5.41) is 12.2. The van der Waals surface area contributed by atoms with Crippen molar-refractivity contribution < 1.29 is 38.2 Å². The molecule has 0 radical (unpaired) electrons. The molecule has 0 aliphatic heterocycles. The van der Waals surface area contributed by atoms with Crippen LogP contribution in [-0.4, -0.2) is 51.9 Å². The average Bonchev–Trinajstić information content (AvgIpc) is 3.41. The normalized spacial score (nSPS) is 10.7. The number of rotatable bonds is 16. The second-order valence-corrected chi connectivity index (χ2v) is 11.0. The largest absolute Gasteiger partial charge is 0.494 e. The predicted molar refractivity (Wildman–Crippen MR) is 175 cm³/mol. The van der Waals surface area contributed by atoms with Crippen LogP contribution in [0.1, 0.15) is 87.4 Å². The number of aryl methyl sites for hydroxylation is 2. The van der Waals surface area contributed by atoms with Crippen LogP contribution in [0.5, 0.6) is 11.5 Å². The van der Waals surface area contributed by atoms with Gasteiger partial charge in [0, 0.05) is 24.7 Å². The number of amides is 2. The molecular weight excluding hydrogens is 602 g/mol. The Morgan fingerprint density at radius 3 is 2.09 bits per heavy atom. The molecule has 2 N–H and O–H groups in total. The van der Waals surface area contributed by atoms with Crippen molar-refractivity contribution in [2.75, 3.05) is 18.5 Å². The molecule has 0 spiro atoms. The molecule has 246 valence electrons. The van der Waals surface area contributed by atoms with E-state index in [1.807, 2.05) is 0 Å². The van der Waals surface area contributed by atoms with Crippen LogP contribution in [0.15, 0.2) is 77.2 Å². The molecule has 0 bridgehead atoms. The number of carboxylic acid groups (broad SMARTS) is 1. The number of anilines is 1. The van der Waals surface area contributed by atoms with Crippen molar-refractivity contribution in [1.29, 1.82) is 0 Å². The Morgan fingerprint density at radius 2 is 1.47 bits per heavy atom. The third kappa shape index (κ3) is 10.3. The maximum absolute atomic E-state index is 13.3. The number of carbonyl (C=O) groups is 4. The smallest absolute Gasteiger partial charge is 0.343 e. The average molecular weight is 642 g/mol. The van der Waals surface area contributed by atoms with E-state index >= 15 is 0 Å². The first-order chi connectivity index (χ1) is 22.6. The van der Waals surface area contributed by atoms with Crippen molar-refractivity contribution in [1.82, 2.24) is 9.88 Å². The van der Waals surface area contributed by atoms with Gasteiger partial charge in [-0.05, 0) is 79.6 Å². The molecule has 0 unspecified atom stereocenters. The molecule has 0 fully saturated rings. The van der Waals surface area contributed by atoms with Gasteiger partial charge in [0.2, 0.25) is 0 Å². The first-order valence-electron chi connectivity index (χ1n) is 15.5. The number of oxazole rings is 1. The first kappa shape index (κ1) is 34.4. The number of nitrogens with zero attached hydrogens (tertiary/aromatic N) is 2. The monoisotopic (exact) mass is 641 g/mol. The van der Waals surface area contributed by atoms with E-state index in [0.29, 0.717) is 46.6 Å². The van der Waals surface area contributed by atoms with Crippen LogP contribution >= 0.6 is 0 Å². The van der Waals surface area contributed by atoms with E-state index < -0.39 is 30.3 Å². The Kier molecular flexibility index (Phi) is 12.3. The van der Waals surface area contributed by atoms with Gasteiger partial charge in [-0.25, -0.2) is 9.78 Å². The molecule has 11 nitrogen and oxygen atoms in total. The van der Waals surface area contributed by atoms with E-state index in [-0.39, 0.29) is 17.8 Å². The van der Waals surface area contributed by atoms with Gasteiger partial charge in [-0.2, -0.15) is 0 Å². The highest BCUT2D eigenvalue weighted by molar-refractivity contribution is 6.04. The maximum Gasteiger partial charge on any atom is 0.343 e. The molecule has 4 rings (SSSR count). The number of carbonyl (C=O) groups excluding carboxylic acids is 3. The minimum atomic E-state index is -1.17. The Morgan fingerprint density at radius 1 is 0.830 bits per heavy atom. The fraction of sp³-hybridized carbons (Fsp3) is 0.306. The lowest BCUT2D eigenvalue weighted by atomic mass is 10.1. The Bertz CT molecular complexity index is 1660. The summed E-state index contributed by atoms with van der Waals surface area (Å²) in [5.74, 6) is -0.904. The molecular formula is C36H39N3O8. The zero-order valence-corrected chi connectivity index (χ0v) is 26.8. The lowest BCUT2D eigenvalue weighted by molar-refractivity contribution is -0.137. The van der Waals surface area contributed by atoms with E-state index in [1.165, 1.54) is 36.3 Å². The number of carboxylic acids is 1. The van der Waals surface area contributed by atoms with E-state index in [0.717, 1.165) is 12.8 Å². The molecule has 0 aliphatic carbocycles. The zero-order chi connectivity index (χ0) is 33.8. The molecule has 3 aromatic carbocycles. The number of hydrogen-bond donors (Lipinski definition) is 2. The lowest BCUT2D eigenvalue weighted by Crippen LogP contribution is -2.35. The van der Waals surface area contributed by atoms with Gasteiger partial charge in [0.25, 0.3) is 11.8 Å². The van der Waals surface area contributed by atoms with Gasteiger partial charge in [-0.3, -0.25) is 14.4 Å². The van der Waals surface area contributed by atoms with Crippen LogP contribution < -0.4 is 14.8 Å². The predicted octanol–water partition coefficient (Wildman–Crippen LogP) is 6.84. The quantitative estimate of drug-likeness (QED) is 0.0762. The van der Waals surface area contributed by atoms with Crippen molar-refractivity contribution in [2.45, 2.75) is 59.4 Å². The van der Waals surface area contributed by atoms with Crippen molar-refractivity contribution in [3.8, 4) is 11.5 Å². The van der Waals surface area contributed by atoms with Gasteiger partial charge in [0.1, 0.15) is 23.8 Å². The number of aromatic nitrogens is 1. The lowest BCUT2D eigenvalue weighted by Gasteiger charge is -2.21. The molecule has 0 aliphatic rings. The standard InChI is InChI=1S/C36H39N3O8/c1-4-5-6-7-8-21-45-30-19-13-28(14-20-30)36(44)47-31-17-9-26(10-18-31)22-39(23-32(40)41)35(43)27-11-15-29(16-12-27)38-34(42)33-24(2)46-25(3)37-33/h9-20H,4-8,21-23H2,1-3H3,(H,38,42)(H,40,41). The van der Waals surface area contributed by atoms with Gasteiger partial charge >= 0.3 is 11.9 Å². The number of ether oxygens (including phenoxy) is 2. The molecule has 0 atom stereocenters. The van der Waals surface area contributed by atoms with Gasteiger partial charge in [0.15, 0.2) is 11.6 Å². The summed E-state index contributed by atoms with van der Waals surface area (Å²) < 4.78 is 16.6. The van der Waals surface area contributed by atoms with Crippen LogP contribution in [0.25, 0.3) is 0 Å². The fourth-order valence-electron chi connectivity index (χ4n) is 4.80. The Hall–Kier alpha value is -5.45. The molecule has 1 aromatic heterocycles. The minimum Gasteiger partial charge on any atom is -0.494 e. The fourth-order valence-corrected chi connectivity index (χ4v) is 4.80. The van der Waals surface area contributed by atoms with Crippen LogP contribution in [0.4, 0.5) is 5.69 Å². The summed E-state index contributed by atoms with van der Waals surface area (Å²) in [6, 6.07) is 19.4. The van der Waals surface area contributed by atoms with Crippen molar-refractivity contribution in [3.05, 3.63) is 107 Å². The van der Waals surface area contributed by atoms with E-state index in [9.17, 15) is 24.3 Å². The van der Waals surface area contributed by atoms with Crippen LogP contribution in [0, 0.1) is 13.8 Å². The molecule has 2 amide bonds. The minimum absolute atomic E-state index is 0.00268. The third-order valence-corrected chi connectivity index (χ3v) is 7.24. The summed E-state index contributed by atoms with van der Waals surface area (Å²) in [4.78, 5) is 55.3. The van der Waals surface area contributed by atoms with E-state index in [2.05, 4.69) is 17.2 Å². The summed E-state index contributed by atoms with van der Waals surface area (Å²) >= 11 is 0. The summed E-state index contributed by atoms with van der Waals surface area (Å²) in [6.07, 6.45) is 5.75. The highest BCUT2D eigenvalue weighted by Gasteiger charge is 2.20. The molecule has 11 heteroatoms. The Balaban J connectivity index is 1.31.